The van der Waals surface area contributed by atoms with E-state index in [0.717, 1.165) is 19.3 Å². The maximum atomic E-state index is 12.0. The summed E-state index contributed by atoms with van der Waals surface area (Å²) in [5, 5.41) is 2.86. The van der Waals surface area contributed by atoms with Crippen molar-refractivity contribution in [1.29, 1.82) is 0 Å². The Morgan fingerprint density at radius 3 is 2.70 bits per heavy atom. The van der Waals surface area contributed by atoms with Crippen molar-refractivity contribution in [1.82, 2.24) is 10.3 Å². The van der Waals surface area contributed by atoms with E-state index in [0.29, 0.717) is 18.1 Å². The van der Waals surface area contributed by atoms with Crippen LogP contribution in [0.1, 0.15) is 54.7 Å². The molecule has 0 aliphatic rings. The molecular formula is C18H25N3O2. The Kier molecular flexibility index (Phi) is 6.35. The molecule has 0 saturated heterocycles. The van der Waals surface area contributed by atoms with E-state index in [9.17, 15) is 4.79 Å². The molecule has 0 saturated carbocycles. The van der Waals surface area contributed by atoms with E-state index >= 15 is 0 Å². The van der Waals surface area contributed by atoms with Crippen LogP contribution in [-0.2, 0) is 6.42 Å². The van der Waals surface area contributed by atoms with Gasteiger partial charge >= 0.3 is 0 Å². The van der Waals surface area contributed by atoms with Gasteiger partial charge in [0.1, 0.15) is 6.26 Å². The summed E-state index contributed by atoms with van der Waals surface area (Å²) in [5.74, 6) is 0.410. The van der Waals surface area contributed by atoms with Crippen molar-refractivity contribution in [3.8, 4) is 0 Å². The largest absolute Gasteiger partial charge is 0.446 e. The van der Waals surface area contributed by atoms with Gasteiger partial charge in [-0.05, 0) is 30.7 Å². The zero-order valence-electron chi connectivity index (χ0n) is 13.8. The van der Waals surface area contributed by atoms with Crippen LogP contribution in [0.25, 0.3) is 0 Å². The second kappa shape index (κ2) is 8.48. The number of oxazole rings is 1. The van der Waals surface area contributed by atoms with Gasteiger partial charge in [-0.3, -0.25) is 4.79 Å². The number of aryl methyl sites for hydroxylation is 1. The maximum absolute atomic E-state index is 12.0. The number of nitrogens with zero attached hydrogens (tertiary/aromatic N) is 1. The second-order valence-corrected chi connectivity index (χ2v) is 6.04. The van der Waals surface area contributed by atoms with Crippen molar-refractivity contribution in [2.24, 2.45) is 11.7 Å². The number of rotatable bonds is 8. The number of aromatic nitrogens is 1. The van der Waals surface area contributed by atoms with Crippen LogP contribution in [0.3, 0.4) is 0 Å². The van der Waals surface area contributed by atoms with E-state index in [1.54, 1.807) is 0 Å². The lowest BCUT2D eigenvalue weighted by Crippen LogP contribution is -2.25. The summed E-state index contributed by atoms with van der Waals surface area (Å²) in [5.41, 5.74) is 7.57. The Morgan fingerprint density at radius 1 is 1.26 bits per heavy atom. The molecule has 0 spiro atoms. The Morgan fingerprint density at radius 2 is 2.00 bits per heavy atom. The molecule has 1 heterocycles. The fourth-order valence-corrected chi connectivity index (χ4v) is 2.22. The fraction of sp³-hybridized carbons (Fsp3) is 0.444. The molecule has 1 unspecified atom stereocenters. The van der Waals surface area contributed by atoms with Crippen LogP contribution in [0, 0.1) is 5.92 Å². The van der Waals surface area contributed by atoms with Gasteiger partial charge in [0.2, 0.25) is 5.89 Å². The third-order valence-electron chi connectivity index (χ3n) is 3.78. The summed E-state index contributed by atoms with van der Waals surface area (Å²) in [6.45, 7) is 4.60. The molecule has 1 atom stereocenters. The van der Waals surface area contributed by atoms with E-state index in [4.69, 9.17) is 10.2 Å². The topological polar surface area (TPSA) is 81.1 Å². The van der Waals surface area contributed by atoms with Gasteiger partial charge < -0.3 is 15.5 Å². The lowest BCUT2D eigenvalue weighted by atomic mass is 10.1. The molecule has 0 bridgehead atoms. The molecule has 5 nitrogen and oxygen atoms in total. The van der Waals surface area contributed by atoms with Crippen LogP contribution >= 0.6 is 0 Å². The van der Waals surface area contributed by atoms with Crippen molar-refractivity contribution >= 4 is 5.91 Å². The van der Waals surface area contributed by atoms with Crippen LogP contribution in [0.5, 0.6) is 0 Å². The Bertz CT molecular complexity index is 608. The van der Waals surface area contributed by atoms with Crippen molar-refractivity contribution in [2.75, 3.05) is 6.54 Å². The van der Waals surface area contributed by atoms with Gasteiger partial charge in [-0.25, -0.2) is 4.98 Å². The molecule has 0 aliphatic heterocycles. The van der Waals surface area contributed by atoms with Crippen molar-refractivity contribution in [3.05, 3.63) is 53.7 Å². The average Bonchev–Trinajstić information content (AvgIpc) is 3.04. The van der Waals surface area contributed by atoms with Crippen molar-refractivity contribution < 1.29 is 9.21 Å². The lowest BCUT2D eigenvalue weighted by Gasteiger charge is -2.10. The molecule has 5 heteroatoms. The van der Waals surface area contributed by atoms with Crippen LogP contribution < -0.4 is 11.1 Å². The van der Waals surface area contributed by atoms with E-state index < -0.39 is 0 Å². The van der Waals surface area contributed by atoms with Crippen LogP contribution in [0.4, 0.5) is 0 Å². The predicted octanol–water partition coefficient (Wildman–Crippen LogP) is 3.08. The highest BCUT2D eigenvalue weighted by Crippen LogP contribution is 2.17. The zero-order chi connectivity index (χ0) is 16.7. The minimum absolute atomic E-state index is 0.211. The molecule has 0 radical (unpaired) electrons. The van der Waals surface area contributed by atoms with Gasteiger partial charge in [0.15, 0.2) is 5.69 Å². The number of benzene rings is 1. The summed E-state index contributed by atoms with van der Waals surface area (Å²) in [4.78, 5) is 16.2. The normalized spacial score (nSPS) is 12.3. The first-order valence-corrected chi connectivity index (χ1v) is 8.11. The number of carbonyl (C=O) groups is 1. The van der Waals surface area contributed by atoms with Gasteiger partial charge in [0.05, 0.1) is 6.04 Å². The van der Waals surface area contributed by atoms with Gasteiger partial charge in [-0.1, -0.05) is 44.2 Å². The summed E-state index contributed by atoms with van der Waals surface area (Å²) in [7, 11) is 0. The number of nitrogens with one attached hydrogen (secondary N) is 1. The molecule has 3 N–H and O–H groups in total. The monoisotopic (exact) mass is 315 g/mol. The molecule has 1 aromatic heterocycles. The first kappa shape index (κ1) is 17.2. The number of unbranched alkanes of at least 4 members (excludes halogenated alkanes) is 1. The number of hydrogen-bond donors (Lipinski definition) is 2. The van der Waals surface area contributed by atoms with Gasteiger partial charge in [-0.15, -0.1) is 0 Å². The fourth-order valence-electron chi connectivity index (χ4n) is 2.22. The van der Waals surface area contributed by atoms with Crippen molar-refractivity contribution in [3.63, 3.8) is 0 Å². The van der Waals surface area contributed by atoms with E-state index in [-0.39, 0.29) is 17.9 Å². The quantitative estimate of drug-likeness (QED) is 0.734. The zero-order valence-corrected chi connectivity index (χ0v) is 13.8. The maximum Gasteiger partial charge on any atom is 0.273 e. The van der Waals surface area contributed by atoms with Crippen molar-refractivity contribution in [2.45, 2.75) is 39.2 Å². The molecule has 0 aliphatic carbocycles. The van der Waals surface area contributed by atoms with E-state index in [2.05, 4.69) is 22.4 Å². The highest BCUT2D eigenvalue weighted by atomic mass is 16.3. The first-order valence-electron chi connectivity index (χ1n) is 8.11. The van der Waals surface area contributed by atoms with E-state index in [1.807, 2.05) is 32.0 Å². The Hall–Kier alpha value is -2.14. The average molecular weight is 315 g/mol. The molecule has 1 aromatic carbocycles. The summed E-state index contributed by atoms with van der Waals surface area (Å²) >= 11 is 0. The predicted molar refractivity (Wildman–Crippen MR) is 90.0 cm³/mol. The number of nitrogens with two attached hydrogens (primary N) is 1. The SMILES string of the molecule is CC(C)C(N)c1nc(C(=O)NCCCCc2ccccc2)co1. The van der Waals surface area contributed by atoms with Crippen LogP contribution in [-0.4, -0.2) is 17.4 Å². The standard InChI is InChI=1S/C18H25N3O2/c1-13(2)16(19)18-21-15(12-23-18)17(22)20-11-7-6-10-14-8-4-3-5-9-14/h3-5,8-9,12-13,16H,6-7,10-11,19H2,1-2H3,(H,20,22). The van der Waals surface area contributed by atoms with E-state index in [1.165, 1.54) is 11.8 Å². The van der Waals surface area contributed by atoms with Crippen LogP contribution in [0.2, 0.25) is 0 Å². The Labute approximate surface area is 137 Å². The van der Waals surface area contributed by atoms with Gasteiger partial charge in [0, 0.05) is 6.54 Å². The molecule has 124 valence electrons. The molecule has 23 heavy (non-hydrogen) atoms. The molecule has 1 amide bonds. The van der Waals surface area contributed by atoms with Crippen LogP contribution in [0.15, 0.2) is 41.0 Å². The summed E-state index contributed by atoms with van der Waals surface area (Å²) in [6, 6.07) is 10.0. The van der Waals surface area contributed by atoms with Gasteiger partial charge in [-0.2, -0.15) is 0 Å². The number of amides is 1. The molecule has 2 rings (SSSR count). The second-order valence-electron chi connectivity index (χ2n) is 6.04. The molecular weight excluding hydrogens is 290 g/mol. The number of carbonyl (C=O) groups excluding carboxylic acids is 1. The minimum Gasteiger partial charge on any atom is -0.446 e. The van der Waals surface area contributed by atoms with Gasteiger partial charge in [0.25, 0.3) is 5.91 Å². The third-order valence-corrected chi connectivity index (χ3v) is 3.78. The third kappa shape index (κ3) is 5.21. The first-order chi connectivity index (χ1) is 11.1. The summed E-state index contributed by atoms with van der Waals surface area (Å²) in [6.07, 6.45) is 4.36. The highest BCUT2D eigenvalue weighted by Gasteiger charge is 2.19. The minimum atomic E-state index is -0.289. The number of hydrogen-bond acceptors (Lipinski definition) is 4. The molecule has 0 fully saturated rings. The molecule has 2 aromatic rings. The lowest BCUT2D eigenvalue weighted by molar-refractivity contribution is 0.0948. The Balaban J connectivity index is 1.71. The summed E-state index contributed by atoms with van der Waals surface area (Å²) < 4.78 is 5.30. The highest BCUT2D eigenvalue weighted by molar-refractivity contribution is 5.91. The smallest absolute Gasteiger partial charge is 0.273 e.